The summed E-state index contributed by atoms with van der Waals surface area (Å²) in [6.07, 6.45) is 1.67. The van der Waals surface area contributed by atoms with Crippen LogP contribution in [0.15, 0.2) is 72.3 Å². The molecule has 21 heavy (non-hydrogen) atoms. The lowest BCUT2D eigenvalue weighted by Crippen LogP contribution is -2.22. The first-order chi connectivity index (χ1) is 10.1. The molecule has 0 aliphatic rings. The van der Waals surface area contributed by atoms with Crippen LogP contribution in [0.5, 0.6) is 0 Å². The minimum atomic E-state index is -3.16. The summed E-state index contributed by atoms with van der Waals surface area (Å²) >= 11 is 0. The van der Waals surface area contributed by atoms with Gasteiger partial charge in [0.25, 0.3) is 7.14 Å². The number of rotatable bonds is 4. The lowest BCUT2D eigenvalue weighted by atomic mass is 10.3. The van der Waals surface area contributed by atoms with E-state index in [1.165, 1.54) is 0 Å². The minimum absolute atomic E-state index is 0.194. The van der Waals surface area contributed by atoms with Gasteiger partial charge in [0, 0.05) is 16.7 Å². The second kappa shape index (κ2) is 6.49. The van der Waals surface area contributed by atoms with E-state index < -0.39 is 7.14 Å². The summed E-state index contributed by atoms with van der Waals surface area (Å²) in [6.45, 7) is 3.76. The Bertz CT molecular complexity index is 697. The van der Waals surface area contributed by atoms with Crippen molar-refractivity contribution >= 4 is 23.2 Å². The molecule has 0 bridgehead atoms. The molecule has 106 valence electrons. The van der Waals surface area contributed by atoms with Crippen molar-refractivity contribution in [2.24, 2.45) is 0 Å². The summed E-state index contributed by atoms with van der Waals surface area (Å²) in [5.41, 5.74) is 10.5. The zero-order valence-electron chi connectivity index (χ0n) is 12.1. The summed E-state index contributed by atoms with van der Waals surface area (Å²) in [4.78, 5) is 3.33. The molecule has 0 unspecified atom stereocenters. The largest absolute Gasteiger partial charge is 0.361 e. The highest BCUT2D eigenvalue weighted by Gasteiger charge is 2.38. The van der Waals surface area contributed by atoms with E-state index in [-0.39, 0.29) is 5.45 Å². The van der Waals surface area contributed by atoms with Gasteiger partial charge in [-0.2, -0.15) is 4.79 Å². The van der Waals surface area contributed by atoms with Crippen molar-refractivity contribution in [1.82, 2.24) is 0 Å². The van der Waals surface area contributed by atoms with Crippen molar-refractivity contribution in [2.75, 3.05) is 0 Å². The lowest BCUT2D eigenvalue weighted by molar-refractivity contribution is 0.00120. The third kappa shape index (κ3) is 3.11. The third-order valence-electron chi connectivity index (χ3n) is 3.08. The predicted octanol–water partition coefficient (Wildman–Crippen LogP) is 3.60. The Labute approximate surface area is 124 Å². The highest BCUT2D eigenvalue weighted by molar-refractivity contribution is 7.93. The van der Waals surface area contributed by atoms with E-state index in [2.05, 4.69) is 4.79 Å². The van der Waals surface area contributed by atoms with Crippen LogP contribution in [0.4, 0.5) is 0 Å². The fourth-order valence-electron chi connectivity index (χ4n) is 2.13. The van der Waals surface area contributed by atoms with Gasteiger partial charge < -0.3 is 10.1 Å². The maximum Gasteiger partial charge on any atom is 0.355 e. The highest BCUT2D eigenvalue weighted by atomic mass is 31.2. The Kier molecular flexibility index (Phi) is 4.70. The first kappa shape index (κ1) is 15.2. The second-order valence-corrected chi connectivity index (χ2v) is 7.67. The number of nitrogens with zero attached hydrogens (tertiary/aromatic N) is 2. The maximum absolute atomic E-state index is 13.7. The summed E-state index contributed by atoms with van der Waals surface area (Å²) in [6, 6.07) is 18.3. The molecule has 4 heteroatoms. The summed E-state index contributed by atoms with van der Waals surface area (Å²) < 4.78 is 13.7. The standard InChI is InChI=1S/C17H17N2OP/c1-14(2)13-17(19-18)21(20,15-9-5-3-6-10-15)16-11-7-4-8-12-16/h3-13H,1-2H3. The zero-order valence-corrected chi connectivity index (χ0v) is 13.0. The van der Waals surface area contributed by atoms with Crippen LogP contribution in [0.2, 0.25) is 0 Å². The van der Waals surface area contributed by atoms with E-state index in [0.29, 0.717) is 10.6 Å². The molecule has 3 nitrogen and oxygen atoms in total. The van der Waals surface area contributed by atoms with Crippen LogP contribution < -0.4 is 10.6 Å². The van der Waals surface area contributed by atoms with Crippen LogP contribution in [-0.2, 0) is 4.57 Å². The van der Waals surface area contributed by atoms with Crippen LogP contribution >= 0.6 is 7.14 Å². The summed E-state index contributed by atoms with van der Waals surface area (Å²) in [5.74, 6) is 0. The molecule has 0 saturated heterocycles. The first-order valence-corrected chi connectivity index (χ1v) is 8.38. The number of hydrogen-bond donors (Lipinski definition) is 0. The van der Waals surface area contributed by atoms with Gasteiger partial charge in [0.05, 0.1) is 0 Å². The van der Waals surface area contributed by atoms with Gasteiger partial charge in [-0.25, -0.2) is 0 Å². The molecule has 0 heterocycles. The Balaban J connectivity index is 2.75. The van der Waals surface area contributed by atoms with E-state index in [1.807, 2.05) is 50.2 Å². The normalized spacial score (nSPS) is 10.6. The van der Waals surface area contributed by atoms with Gasteiger partial charge in [-0.05, 0) is 13.8 Å². The van der Waals surface area contributed by atoms with Gasteiger partial charge >= 0.3 is 5.45 Å². The molecular weight excluding hydrogens is 279 g/mol. The molecule has 0 aliphatic heterocycles. The molecular formula is C17H17N2OP. The molecule has 0 spiro atoms. The van der Waals surface area contributed by atoms with Crippen LogP contribution in [0.25, 0.3) is 5.53 Å². The van der Waals surface area contributed by atoms with Gasteiger partial charge in [0.2, 0.25) is 0 Å². The molecule has 0 aliphatic carbocycles. The average molecular weight is 296 g/mol. The quantitative estimate of drug-likeness (QED) is 0.368. The average Bonchev–Trinajstić information content (AvgIpc) is 2.53. The van der Waals surface area contributed by atoms with E-state index in [1.54, 1.807) is 30.3 Å². The molecule has 0 amide bonds. The summed E-state index contributed by atoms with van der Waals surface area (Å²) in [7, 11) is -3.16. The number of allylic oxidation sites excluding steroid dienone is 2. The third-order valence-corrected chi connectivity index (χ3v) is 6.00. The highest BCUT2D eigenvalue weighted by Crippen LogP contribution is 2.44. The zero-order chi connectivity index (χ0) is 15.3. The van der Waals surface area contributed by atoms with Crippen molar-refractivity contribution in [3.63, 3.8) is 0 Å². The molecule has 0 N–H and O–H groups in total. The van der Waals surface area contributed by atoms with Gasteiger partial charge in [-0.3, -0.25) is 0 Å². The van der Waals surface area contributed by atoms with Gasteiger partial charge in [0.1, 0.15) is 0 Å². The molecule has 0 fully saturated rings. The molecule has 2 aromatic carbocycles. The van der Waals surface area contributed by atoms with E-state index in [9.17, 15) is 10.1 Å². The molecule has 0 atom stereocenters. The Morgan fingerprint density at radius 3 is 1.71 bits per heavy atom. The van der Waals surface area contributed by atoms with Crippen LogP contribution in [0, 0.1) is 0 Å². The Hall–Kier alpha value is -2.21. The smallest absolute Gasteiger partial charge is 0.355 e. The van der Waals surface area contributed by atoms with Gasteiger partial charge in [-0.1, -0.05) is 66.2 Å². The molecule has 0 aromatic heterocycles. The molecule has 0 radical (unpaired) electrons. The van der Waals surface area contributed by atoms with Crippen molar-refractivity contribution in [3.8, 4) is 0 Å². The predicted molar refractivity (Wildman–Crippen MR) is 87.8 cm³/mol. The number of benzene rings is 2. The van der Waals surface area contributed by atoms with E-state index in [4.69, 9.17) is 0 Å². The van der Waals surface area contributed by atoms with Crippen LogP contribution in [0.1, 0.15) is 13.8 Å². The Morgan fingerprint density at radius 1 is 0.952 bits per heavy atom. The molecule has 0 saturated carbocycles. The molecule has 2 rings (SSSR count). The monoisotopic (exact) mass is 296 g/mol. The van der Waals surface area contributed by atoms with Crippen LogP contribution in [-0.4, -0.2) is 10.2 Å². The van der Waals surface area contributed by atoms with Gasteiger partial charge in [0.15, 0.2) is 0 Å². The van der Waals surface area contributed by atoms with Crippen molar-refractivity contribution in [1.29, 1.82) is 0 Å². The SMILES string of the molecule is CC(C)=CC(=[N+]=[N-])P(=O)(c1ccccc1)c1ccccc1. The summed E-state index contributed by atoms with van der Waals surface area (Å²) in [5, 5.41) is 1.31. The lowest BCUT2D eigenvalue weighted by Gasteiger charge is -2.13. The molecule has 2 aromatic rings. The Morgan fingerprint density at radius 2 is 1.38 bits per heavy atom. The van der Waals surface area contributed by atoms with Crippen molar-refractivity contribution < 1.29 is 9.35 Å². The van der Waals surface area contributed by atoms with Gasteiger partial charge in [-0.15, -0.1) is 0 Å². The minimum Gasteiger partial charge on any atom is -0.361 e. The fourth-order valence-corrected chi connectivity index (χ4v) is 4.71. The van der Waals surface area contributed by atoms with Crippen molar-refractivity contribution in [2.45, 2.75) is 13.8 Å². The van der Waals surface area contributed by atoms with E-state index in [0.717, 1.165) is 5.57 Å². The second-order valence-electron chi connectivity index (χ2n) is 4.96. The van der Waals surface area contributed by atoms with E-state index >= 15 is 0 Å². The fraction of sp³-hybridized carbons (Fsp3) is 0.118. The number of hydrogen-bond acceptors (Lipinski definition) is 1. The topological polar surface area (TPSA) is 53.5 Å². The van der Waals surface area contributed by atoms with Crippen molar-refractivity contribution in [3.05, 3.63) is 77.8 Å². The first-order valence-electron chi connectivity index (χ1n) is 6.68. The van der Waals surface area contributed by atoms with Crippen LogP contribution in [0.3, 0.4) is 0 Å². The maximum atomic E-state index is 13.7.